The molecule has 1 amide bonds. The maximum atomic E-state index is 12.2. The van der Waals surface area contributed by atoms with Gasteiger partial charge in [-0.3, -0.25) is 4.79 Å². The third-order valence-corrected chi connectivity index (χ3v) is 9.61. The van der Waals surface area contributed by atoms with Gasteiger partial charge in [0.25, 0.3) is 0 Å². The quantitative estimate of drug-likeness (QED) is 0.360. The van der Waals surface area contributed by atoms with Crippen molar-refractivity contribution >= 4 is 43.7 Å². The summed E-state index contributed by atoms with van der Waals surface area (Å²) in [6, 6.07) is 12.6. The number of thiophene rings is 1. The van der Waals surface area contributed by atoms with Gasteiger partial charge in [0.2, 0.25) is 5.91 Å². The molecule has 2 atom stereocenters. The van der Waals surface area contributed by atoms with E-state index in [0.717, 1.165) is 35.2 Å². The van der Waals surface area contributed by atoms with Gasteiger partial charge in [0.15, 0.2) is 0 Å². The highest BCUT2D eigenvalue weighted by molar-refractivity contribution is 7.87. The van der Waals surface area contributed by atoms with Crippen LogP contribution >= 0.6 is 11.3 Å². The van der Waals surface area contributed by atoms with E-state index >= 15 is 0 Å². The Hall–Kier alpha value is -2.71. The predicted octanol–water partition coefficient (Wildman–Crippen LogP) is 5.42. The lowest BCUT2D eigenvalue weighted by Crippen LogP contribution is -2.50. The molecule has 3 saturated carbocycles. The number of aldehydes is 1. The molecule has 2 bridgehead atoms. The lowest BCUT2D eigenvalue weighted by molar-refractivity contribution is -0.115. The van der Waals surface area contributed by atoms with E-state index in [9.17, 15) is 18.0 Å². The summed E-state index contributed by atoms with van der Waals surface area (Å²) < 4.78 is 30.3. The van der Waals surface area contributed by atoms with Gasteiger partial charge in [0.05, 0.1) is 5.56 Å². The Balaban J connectivity index is 0.000000192. The molecule has 6 rings (SSSR count). The lowest BCUT2D eigenvalue weighted by atomic mass is 9.46. The lowest BCUT2D eigenvalue weighted by Gasteiger charge is -2.58. The number of carbonyl (C=O) groups is 2. The zero-order chi connectivity index (χ0) is 24.5. The van der Waals surface area contributed by atoms with Crippen molar-refractivity contribution in [2.75, 3.05) is 0 Å². The first kappa shape index (κ1) is 24.4. The average Bonchev–Trinajstić information content (AvgIpc) is 3.24. The summed E-state index contributed by atoms with van der Waals surface area (Å²) in [7, 11) is -3.91. The highest BCUT2D eigenvalue weighted by atomic mass is 32.2. The van der Waals surface area contributed by atoms with Crippen LogP contribution in [0.2, 0.25) is 0 Å². The van der Waals surface area contributed by atoms with Crippen molar-refractivity contribution in [3.63, 3.8) is 0 Å². The van der Waals surface area contributed by atoms with Gasteiger partial charge >= 0.3 is 10.1 Å². The largest absolute Gasteiger partial charge is 0.379 e. The molecule has 1 heterocycles. The number of primary amides is 1. The summed E-state index contributed by atoms with van der Waals surface area (Å²) in [6.07, 6.45) is 5.96. The summed E-state index contributed by atoms with van der Waals surface area (Å²) >= 11 is 1.36. The van der Waals surface area contributed by atoms with Crippen LogP contribution in [0.1, 0.15) is 49.9 Å². The number of amides is 1. The van der Waals surface area contributed by atoms with E-state index in [-0.39, 0.29) is 10.6 Å². The second-order valence-corrected chi connectivity index (χ2v) is 12.2. The molecule has 6 nitrogen and oxygen atoms in total. The van der Waals surface area contributed by atoms with E-state index in [1.54, 1.807) is 35.7 Å². The summed E-state index contributed by atoms with van der Waals surface area (Å²) in [5, 5.41) is 2.22. The van der Waals surface area contributed by atoms with Crippen molar-refractivity contribution in [3.8, 4) is 5.75 Å². The molecule has 180 valence electrons. The van der Waals surface area contributed by atoms with Gasteiger partial charge in [-0.1, -0.05) is 32.0 Å². The topological polar surface area (TPSA) is 104 Å². The van der Waals surface area contributed by atoms with E-state index in [1.165, 1.54) is 48.8 Å². The van der Waals surface area contributed by atoms with Crippen molar-refractivity contribution in [2.45, 2.75) is 44.4 Å². The second-order valence-electron chi connectivity index (χ2n) is 9.71. The Kier molecular flexibility index (Phi) is 6.82. The molecule has 8 heteroatoms. The van der Waals surface area contributed by atoms with Crippen LogP contribution in [0.3, 0.4) is 0 Å². The number of carbonyl (C=O) groups excluding carboxylic acids is 2. The first-order valence-electron chi connectivity index (χ1n) is 11.4. The highest BCUT2D eigenvalue weighted by Crippen LogP contribution is 2.60. The van der Waals surface area contributed by atoms with Crippen LogP contribution in [-0.2, 0) is 14.9 Å². The maximum absolute atomic E-state index is 12.2. The number of fused-ring (bicyclic) bond motifs is 3. The third-order valence-electron chi connectivity index (χ3n) is 7.39. The smallest absolute Gasteiger partial charge is 0.339 e. The predicted molar refractivity (Wildman–Crippen MR) is 133 cm³/mol. The number of hydrogen-bond donors (Lipinski definition) is 1. The normalized spacial score (nSPS) is 22.7. The van der Waals surface area contributed by atoms with Gasteiger partial charge in [-0.15, -0.1) is 11.3 Å². The second kappa shape index (κ2) is 9.50. The summed E-state index contributed by atoms with van der Waals surface area (Å²) in [4.78, 5) is 21.8. The summed E-state index contributed by atoms with van der Waals surface area (Å²) in [6.45, 7) is 4.78. The standard InChI is InChI=1S/C15H11NO4S2.C11H18O/c16-15(17)13-9-21-14-7-6-10(8-12(13)14)20-22(18,19)11-4-2-1-3-5-11;1-11(2)9-5-8(3-4-12)6-10(11)7-9/h1-9H,(H2,16,17);4,8-10H,3,5-7H2,1-2H3. The fourth-order valence-corrected chi connectivity index (χ4v) is 7.04. The van der Waals surface area contributed by atoms with E-state index < -0.39 is 16.0 Å². The Morgan fingerprint density at radius 3 is 2.38 bits per heavy atom. The van der Waals surface area contributed by atoms with Gasteiger partial charge in [-0.25, -0.2) is 0 Å². The van der Waals surface area contributed by atoms with Crippen molar-refractivity contribution in [1.82, 2.24) is 0 Å². The minimum Gasteiger partial charge on any atom is -0.379 e. The van der Waals surface area contributed by atoms with Crippen molar-refractivity contribution in [1.29, 1.82) is 0 Å². The Labute approximate surface area is 204 Å². The van der Waals surface area contributed by atoms with Crippen molar-refractivity contribution in [2.24, 2.45) is 28.9 Å². The first-order valence-corrected chi connectivity index (χ1v) is 13.6. The van der Waals surface area contributed by atoms with Gasteiger partial charge in [-0.05, 0) is 72.8 Å². The molecule has 1 aromatic heterocycles. The fraction of sp³-hybridized carbons (Fsp3) is 0.385. The molecule has 3 aromatic rings. The minimum absolute atomic E-state index is 0.0653. The molecule has 0 aliphatic heterocycles. The molecular formula is C26H29NO5S2. The summed E-state index contributed by atoms with van der Waals surface area (Å²) in [5.41, 5.74) is 6.25. The molecule has 34 heavy (non-hydrogen) atoms. The van der Waals surface area contributed by atoms with Crippen LogP contribution in [0.4, 0.5) is 0 Å². The van der Waals surface area contributed by atoms with E-state index in [2.05, 4.69) is 13.8 Å². The Morgan fingerprint density at radius 1 is 1.12 bits per heavy atom. The van der Waals surface area contributed by atoms with E-state index in [1.807, 2.05) is 0 Å². The van der Waals surface area contributed by atoms with Gasteiger partial charge < -0.3 is 14.7 Å². The maximum Gasteiger partial charge on any atom is 0.339 e. The molecule has 3 aliphatic rings. The van der Waals surface area contributed by atoms with Gasteiger partial charge in [0.1, 0.15) is 16.9 Å². The number of hydrogen-bond acceptors (Lipinski definition) is 6. The van der Waals surface area contributed by atoms with Crippen LogP contribution < -0.4 is 9.92 Å². The number of nitrogens with two attached hydrogens (primary N) is 1. The molecule has 0 radical (unpaired) electrons. The van der Waals surface area contributed by atoms with Crippen molar-refractivity contribution < 1.29 is 22.2 Å². The molecule has 3 fully saturated rings. The molecule has 2 aromatic carbocycles. The zero-order valence-corrected chi connectivity index (χ0v) is 20.9. The van der Waals surface area contributed by atoms with Gasteiger partial charge in [-0.2, -0.15) is 8.42 Å². The van der Waals surface area contributed by atoms with Crippen LogP contribution in [-0.4, -0.2) is 20.6 Å². The zero-order valence-electron chi connectivity index (χ0n) is 19.3. The molecule has 0 spiro atoms. The van der Waals surface area contributed by atoms with E-state index in [4.69, 9.17) is 9.92 Å². The fourth-order valence-electron chi connectivity index (χ4n) is 5.17. The molecule has 2 unspecified atom stereocenters. The van der Waals surface area contributed by atoms with Gasteiger partial charge in [0, 0.05) is 21.9 Å². The van der Waals surface area contributed by atoms with E-state index in [0.29, 0.717) is 16.4 Å². The SMILES string of the molecule is CC1(C)C2CC(CC=O)CC1C2.NC(=O)c1csc2ccc(OS(=O)(=O)c3ccccc3)cc12. The minimum atomic E-state index is -3.91. The van der Waals surface area contributed by atoms with Crippen molar-refractivity contribution in [3.05, 3.63) is 59.5 Å². The van der Waals surface area contributed by atoms with Crippen LogP contribution in [0.5, 0.6) is 5.75 Å². The Morgan fingerprint density at radius 2 is 1.79 bits per heavy atom. The summed E-state index contributed by atoms with van der Waals surface area (Å²) in [5.74, 6) is 2.13. The molecular weight excluding hydrogens is 470 g/mol. The van der Waals surface area contributed by atoms with Crippen LogP contribution in [0.15, 0.2) is 58.8 Å². The number of rotatable bonds is 6. The highest BCUT2D eigenvalue weighted by Gasteiger charge is 2.52. The molecule has 2 N–H and O–H groups in total. The van der Waals surface area contributed by atoms with Crippen LogP contribution in [0.25, 0.3) is 10.1 Å². The number of benzene rings is 2. The molecule has 3 aliphatic carbocycles. The monoisotopic (exact) mass is 499 g/mol. The average molecular weight is 500 g/mol. The first-order chi connectivity index (χ1) is 16.1. The van der Waals surface area contributed by atoms with Crippen LogP contribution in [0, 0.1) is 23.2 Å². The Bertz CT molecular complexity index is 1280. The molecule has 0 saturated heterocycles. The third kappa shape index (κ3) is 4.88.